The van der Waals surface area contributed by atoms with Crippen LogP contribution in [0.1, 0.15) is 53.0 Å². The van der Waals surface area contributed by atoms with Crippen LogP contribution in [0.5, 0.6) is 0 Å². The Morgan fingerprint density at radius 3 is 2.18 bits per heavy atom. The molecule has 3 aromatic rings. The standard InChI is InChI=1S/C27H28F6N4O/c1-17-23-21(13-10-18-8-11-20(12-9-18)27(31,32)33)36(15-14-22(23)37(35-17)16-26(28,29)30)25(2,24(34)38)19-6-4-3-5-7-19/h3-9,11-12,21H,10,13-16H2,1-2H3,(H2,34,38). The van der Waals surface area contributed by atoms with Crippen LogP contribution in [0, 0.1) is 6.92 Å². The fraction of sp³-hybridized carbons (Fsp3) is 0.407. The number of primary amides is 1. The molecule has 38 heavy (non-hydrogen) atoms. The van der Waals surface area contributed by atoms with Crippen LogP contribution >= 0.6 is 0 Å². The van der Waals surface area contributed by atoms with Crippen LogP contribution < -0.4 is 5.73 Å². The second-order valence-electron chi connectivity index (χ2n) is 9.71. The monoisotopic (exact) mass is 538 g/mol. The number of benzene rings is 2. The number of nitrogens with two attached hydrogens (primary N) is 1. The van der Waals surface area contributed by atoms with Crippen molar-refractivity contribution in [1.82, 2.24) is 14.7 Å². The highest BCUT2D eigenvalue weighted by atomic mass is 19.4. The fourth-order valence-corrected chi connectivity index (χ4v) is 5.39. The highest BCUT2D eigenvalue weighted by Crippen LogP contribution is 2.43. The van der Waals surface area contributed by atoms with Crippen LogP contribution in [0.4, 0.5) is 26.3 Å². The highest BCUT2D eigenvalue weighted by molar-refractivity contribution is 5.86. The van der Waals surface area contributed by atoms with Crippen molar-refractivity contribution in [2.75, 3.05) is 6.54 Å². The predicted molar refractivity (Wildman–Crippen MR) is 129 cm³/mol. The van der Waals surface area contributed by atoms with E-state index in [1.165, 1.54) is 12.1 Å². The lowest BCUT2D eigenvalue weighted by Gasteiger charge is -2.47. The first-order chi connectivity index (χ1) is 17.7. The third-order valence-corrected chi connectivity index (χ3v) is 7.29. The first-order valence-corrected chi connectivity index (χ1v) is 12.1. The molecule has 4 rings (SSSR count). The molecule has 0 spiro atoms. The smallest absolute Gasteiger partial charge is 0.368 e. The number of nitrogens with zero attached hydrogens (tertiary/aromatic N) is 3. The molecule has 1 aromatic heterocycles. The quantitative estimate of drug-likeness (QED) is 0.393. The Labute approximate surface area is 216 Å². The Bertz CT molecular complexity index is 1280. The number of hydrogen-bond donors (Lipinski definition) is 1. The molecule has 0 bridgehead atoms. The van der Waals surface area contributed by atoms with Gasteiger partial charge in [-0.15, -0.1) is 0 Å². The molecule has 2 unspecified atom stereocenters. The van der Waals surface area contributed by atoms with Gasteiger partial charge in [-0.3, -0.25) is 14.4 Å². The van der Waals surface area contributed by atoms with E-state index in [1.807, 2.05) is 4.90 Å². The van der Waals surface area contributed by atoms with Crippen molar-refractivity contribution >= 4 is 5.91 Å². The van der Waals surface area contributed by atoms with E-state index in [2.05, 4.69) is 5.10 Å². The number of carbonyl (C=O) groups excluding carboxylic acids is 1. The lowest BCUT2D eigenvalue weighted by atomic mass is 9.82. The molecule has 204 valence electrons. The summed E-state index contributed by atoms with van der Waals surface area (Å²) in [5.74, 6) is -0.619. The van der Waals surface area contributed by atoms with E-state index in [-0.39, 0.29) is 13.0 Å². The molecule has 0 aliphatic carbocycles. The highest BCUT2D eigenvalue weighted by Gasteiger charge is 2.47. The molecule has 2 heterocycles. The van der Waals surface area contributed by atoms with Crippen molar-refractivity contribution in [2.45, 2.75) is 63.6 Å². The maximum absolute atomic E-state index is 13.3. The van der Waals surface area contributed by atoms with Gasteiger partial charge in [0.25, 0.3) is 0 Å². The van der Waals surface area contributed by atoms with Gasteiger partial charge in [-0.2, -0.15) is 31.4 Å². The van der Waals surface area contributed by atoms with Crippen molar-refractivity contribution in [3.05, 3.63) is 88.2 Å². The molecule has 1 amide bonds. The van der Waals surface area contributed by atoms with Crippen molar-refractivity contribution in [3.8, 4) is 0 Å². The zero-order valence-electron chi connectivity index (χ0n) is 20.9. The summed E-state index contributed by atoms with van der Waals surface area (Å²) >= 11 is 0. The van der Waals surface area contributed by atoms with E-state index in [4.69, 9.17) is 5.73 Å². The summed E-state index contributed by atoms with van der Waals surface area (Å²) in [7, 11) is 0. The molecule has 0 fully saturated rings. The van der Waals surface area contributed by atoms with Gasteiger partial charge in [0.1, 0.15) is 12.1 Å². The second-order valence-corrected chi connectivity index (χ2v) is 9.71. The van der Waals surface area contributed by atoms with Crippen molar-refractivity contribution in [3.63, 3.8) is 0 Å². The molecule has 1 aliphatic heterocycles. The van der Waals surface area contributed by atoms with E-state index in [0.29, 0.717) is 40.9 Å². The molecular formula is C27H28F6N4O. The van der Waals surface area contributed by atoms with Gasteiger partial charge in [0.05, 0.1) is 11.3 Å². The van der Waals surface area contributed by atoms with Gasteiger partial charge in [0, 0.05) is 30.3 Å². The Hall–Kier alpha value is -3.34. The van der Waals surface area contributed by atoms with Crippen molar-refractivity contribution in [2.24, 2.45) is 5.73 Å². The first kappa shape index (κ1) is 27.7. The maximum atomic E-state index is 13.3. The van der Waals surface area contributed by atoms with Gasteiger partial charge >= 0.3 is 12.4 Å². The lowest BCUT2D eigenvalue weighted by Crippen LogP contribution is -2.56. The number of aryl methyl sites for hydroxylation is 2. The molecule has 0 radical (unpaired) electrons. The Balaban J connectivity index is 1.76. The van der Waals surface area contributed by atoms with E-state index < -0.39 is 41.9 Å². The lowest BCUT2D eigenvalue weighted by molar-refractivity contribution is -0.143. The molecular weight excluding hydrogens is 510 g/mol. The van der Waals surface area contributed by atoms with Crippen molar-refractivity contribution in [1.29, 1.82) is 0 Å². The summed E-state index contributed by atoms with van der Waals surface area (Å²) in [6, 6.07) is 13.1. The molecule has 1 aliphatic rings. The van der Waals surface area contributed by atoms with E-state index >= 15 is 0 Å². The van der Waals surface area contributed by atoms with E-state index in [0.717, 1.165) is 16.8 Å². The molecule has 2 N–H and O–H groups in total. The SMILES string of the molecule is Cc1nn(CC(F)(F)F)c2c1C(CCc1ccc(C(F)(F)F)cc1)N(C(C)(C(N)=O)c1ccccc1)CC2. The Morgan fingerprint density at radius 1 is 1.00 bits per heavy atom. The minimum Gasteiger partial charge on any atom is -0.368 e. The number of hydrogen-bond acceptors (Lipinski definition) is 3. The normalized spacial score (nSPS) is 18.2. The molecule has 2 atom stereocenters. The first-order valence-electron chi connectivity index (χ1n) is 12.1. The summed E-state index contributed by atoms with van der Waals surface area (Å²) in [5, 5.41) is 4.18. The average molecular weight is 539 g/mol. The van der Waals surface area contributed by atoms with Gasteiger partial charge < -0.3 is 5.73 Å². The van der Waals surface area contributed by atoms with Crippen LogP contribution in [-0.4, -0.2) is 33.3 Å². The molecule has 5 nitrogen and oxygen atoms in total. The third-order valence-electron chi connectivity index (χ3n) is 7.29. The average Bonchev–Trinajstić information content (AvgIpc) is 3.15. The molecule has 11 heteroatoms. The third kappa shape index (κ3) is 5.43. The molecule has 2 aromatic carbocycles. The summed E-state index contributed by atoms with van der Waals surface area (Å²) in [6.45, 7) is 2.32. The van der Waals surface area contributed by atoms with Gasteiger partial charge in [-0.25, -0.2) is 0 Å². The summed E-state index contributed by atoms with van der Waals surface area (Å²) < 4.78 is 79.8. The van der Waals surface area contributed by atoms with Crippen LogP contribution in [0.15, 0.2) is 54.6 Å². The number of aromatic nitrogens is 2. The number of halogens is 6. The topological polar surface area (TPSA) is 64.2 Å². The maximum Gasteiger partial charge on any atom is 0.416 e. The van der Waals surface area contributed by atoms with Gasteiger partial charge in [-0.05, 0) is 49.9 Å². The molecule has 0 saturated carbocycles. The van der Waals surface area contributed by atoms with Gasteiger partial charge in [0.15, 0.2) is 0 Å². The van der Waals surface area contributed by atoms with Crippen LogP contribution in [0.3, 0.4) is 0 Å². The number of carbonyl (C=O) groups is 1. The van der Waals surface area contributed by atoms with Gasteiger partial charge in [0.2, 0.25) is 5.91 Å². The van der Waals surface area contributed by atoms with E-state index in [1.54, 1.807) is 44.2 Å². The van der Waals surface area contributed by atoms with Crippen LogP contribution in [0.2, 0.25) is 0 Å². The summed E-state index contributed by atoms with van der Waals surface area (Å²) in [6.07, 6.45) is -8.06. The minimum absolute atomic E-state index is 0.221. The summed E-state index contributed by atoms with van der Waals surface area (Å²) in [5.41, 5.74) is 6.60. The van der Waals surface area contributed by atoms with Gasteiger partial charge in [-0.1, -0.05) is 42.5 Å². The Kier molecular flexibility index (Phi) is 7.35. The number of alkyl halides is 6. The Morgan fingerprint density at radius 2 is 1.63 bits per heavy atom. The largest absolute Gasteiger partial charge is 0.416 e. The van der Waals surface area contributed by atoms with Crippen LogP contribution in [0.25, 0.3) is 0 Å². The van der Waals surface area contributed by atoms with E-state index in [9.17, 15) is 31.1 Å². The number of rotatable bonds is 7. The zero-order valence-corrected chi connectivity index (χ0v) is 20.9. The second kappa shape index (κ2) is 10.1. The number of amides is 1. The predicted octanol–water partition coefficient (Wildman–Crippen LogP) is 5.71. The minimum atomic E-state index is -4.47. The van der Waals surface area contributed by atoms with Crippen LogP contribution in [-0.2, 0) is 35.9 Å². The summed E-state index contributed by atoms with van der Waals surface area (Å²) in [4.78, 5) is 14.9. The number of fused-ring (bicyclic) bond motifs is 1. The van der Waals surface area contributed by atoms with Crippen molar-refractivity contribution < 1.29 is 31.1 Å². The zero-order chi connectivity index (χ0) is 27.9. The molecule has 0 saturated heterocycles. The fourth-order valence-electron chi connectivity index (χ4n) is 5.39.